The highest BCUT2D eigenvalue weighted by atomic mass is 35.5. The Labute approximate surface area is 190 Å². The van der Waals surface area contributed by atoms with Crippen LogP contribution in [0.5, 0.6) is 5.75 Å². The van der Waals surface area contributed by atoms with Crippen LogP contribution in [0, 0.1) is 6.92 Å². The van der Waals surface area contributed by atoms with Crippen LogP contribution in [0.1, 0.15) is 60.9 Å². The van der Waals surface area contributed by atoms with E-state index >= 15 is 0 Å². The lowest BCUT2D eigenvalue weighted by molar-refractivity contribution is 0.114. The number of aromatic nitrogens is 2. The summed E-state index contributed by atoms with van der Waals surface area (Å²) in [6, 6.07) is 1.96. The third-order valence-electron chi connectivity index (χ3n) is 6.37. The molecule has 1 aliphatic rings. The molecule has 0 aliphatic carbocycles. The summed E-state index contributed by atoms with van der Waals surface area (Å²) in [6.45, 7) is 11.0. The zero-order chi connectivity index (χ0) is 22.9. The number of likely N-dealkylation sites (tertiary alicyclic amines) is 1. The van der Waals surface area contributed by atoms with Gasteiger partial charge in [0.1, 0.15) is 23.7 Å². The maximum Gasteiger partial charge on any atom is 0.137 e. The van der Waals surface area contributed by atoms with Crippen molar-refractivity contribution in [1.82, 2.24) is 14.9 Å². The molecule has 3 rings (SSSR count). The molecular formula is C23H34ClN5O2. The molecule has 2 heterocycles. The number of anilines is 2. The zero-order valence-electron chi connectivity index (χ0n) is 19.3. The summed E-state index contributed by atoms with van der Waals surface area (Å²) in [5, 5.41) is 9.95. The summed E-state index contributed by atoms with van der Waals surface area (Å²) in [4.78, 5) is 13.1. The lowest BCUT2D eigenvalue weighted by Crippen LogP contribution is -2.46. The van der Waals surface area contributed by atoms with E-state index in [0.29, 0.717) is 18.3 Å². The van der Waals surface area contributed by atoms with Crippen molar-refractivity contribution in [2.24, 2.45) is 0 Å². The Kier molecular flexibility index (Phi) is 7.29. The number of nitrogens with zero attached hydrogens (tertiary/aromatic N) is 4. The molecule has 0 amide bonds. The predicted molar refractivity (Wildman–Crippen MR) is 126 cm³/mol. The summed E-state index contributed by atoms with van der Waals surface area (Å²) in [7, 11) is 3.73. The molecule has 1 aromatic carbocycles. The van der Waals surface area contributed by atoms with E-state index in [-0.39, 0.29) is 18.6 Å². The minimum Gasteiger partial charge on any atom is -0.496 e. The van der Waals surface area contributed by atoms with Gasteiger partial charge in [0.2, 0.25) is 0 Å². The van der Waals surface area contributed by atoms with Crippen molar-refractivity contribution in [3.63, 3.8) is 0 Å². The van der Waals surface area contributed by atoms with Gasteiger partial charge in [-0.2, -0.15) is 0 Å². The van der Waals surface area contributed by atoms with Gasteiger partial charge in [0, 0.05) is 54.3 Å². The van der Waals surface area contributed by atoms with Gasteiger partial charge in [-0.15, -0.1) is 0 Å². The number of hydrogen-bond donors (Lipinski definition) is 2. The van der Waals surface area contributed by atoms with Crippen molar-refractivity contribution in [3.8, 4) is 5.75 Å². The molecule has 0 bridgehead atoms. The molecule has 0 saturated carbocycles. The van der Waals surface area contributed by atoms with Gasteiger partial charge in [0.15, 0.2) is 0 Å². The molecule has 1 unspecified atom stereocenters. The summed E-state index contributed by atoms with van der Waals surface area (Å²) in [5.74, 6) is 2.72. The monoisotopic (exact) mass is 447 g/mol. The van der Waals surface area contributed by atoms with Crippen molar-refractivity contribution in [2.45, 2.75) is 45.6 Å². The van der Waals surface area contributed by atoms with Crippen molar-refractivity contribution in [3.05, 3.63) is 39.7 Å². The molecule has 1 aliphatic heterocycles. The van der Waals surface area contributed by atoms with Crippen LogP contribution >= 0.6 is 11.6 Å². The Morgan fingerprint density at radius 2 is 2.00 bits per heavy atom. The molecular weight excluding hydrogens is 414 g/mol. The number of β-amino-alcohol motifs (C(OH)–C–C–N with tert-alkyl or cyclic N) is 1. The van der Waals surface area contributed by atoms with Crippen molar-refractivity contribution >= 4 is 23.2 Å². The zero-order valence-corrected chi connectivity index (χ0v) is 20.1. The Bertz CT molecular complexity index is 931. The SMILES string of the molecule is COc1c(C(C)N(C)c2ncnc(N)c2C(C)C)cc(Cl)c(C)c1C1CN(CCO)C1. The molecule has 170 valence electrons. The first kappa shape index (κ1) is 23.6. The minimum absolute atomic E-state index is 0.0489. The van der Waals surface area contributed by atoms with Gasteiger partial charge >= 0.3 is 0 Å². The van der Waals surface area contributed by atoms with E-state index in [1.54, 1.807) is 7.11 Å². The Morgan fingerprint density at radius 1 is 1.32 bits per heavy atom. The highest BCUT2D eigenvalue weighted by Crippen LogP contribution is 2.44. The van der Waals surface area contributed by atoms with Gasteiger partial charge in [-0.3, -0.25) is 4.90 Å². The maximum absolute atomic E-state index is 9.21. The number of nitrogen functional groups attached to an aromatic ring is 1. The molecule has 2 aromatic rings. The van der Waals surface area contributed by atoms with E-state index in [0.717, 1.165) is 51.9 Å². The maximum atomic E-state index is 9.21. The smallest absolute Gasteiger partial charge is 0.137 e. The Balaban J connectivity index is 2.02. The lowest BCUT2D eigenvalue weighted by atomic mass is 9.85. The molecule has 7 nitrogen and oxygen atoms in total. The van der Waals surface area contributed by atoms with Crippen molar-refractivity contribution in [2.75, 3.05) is 51.0 Å². The quantitative estimate of drug-likeness (QED) is 0.637. The van der Waals surface area contributed by atoms with Crippen LogP contribution in [0.3, 0.4) is 0 Å². The first-order valence-corrected chi connectivity index (χ1v) is 11.1. The molecule has 1 saturated heterocycles. The molecule has 31 heavy (non-hydrogen) atoms. The van der Waals surface area contributed by atoms with E-state index in [2.05, 4.69) is 47.5 Å². The number of rotatable bonds is 8. The van der Waals surface area contributed by atoms with Gasteiger partial charge in [-0.25, -0.2) is 9.97 Å². The first-order valence-electron chi connectivity index (χ1n) is 10.7. The fourth-order valence-electron chi connectivity index (χ4n) is 4.50. The third-order valence-corrected chi connectivity index (χ3v) is 6.77. The fraction of sp³-hybridized carbons (Fsp3) is 0.565. The molecule has 8 heteroatoms. The van der Waals surface area contributed by atoms with E-state index in [1.165, 1.54) is 6.33 Å². The summed E-state index contributed by atoms with van der Waals surface area (Å²) in [6.07, 6.45) is 1.51. The molecule has 1 fully saturated rings. The molecule has 3 N–H and O–H groups in total. The minimum atomic E-state index is -0.0489. The summed E-state index contributed by atoms with van der Waals surface area (Å²) >= 11 is 6.70. The Morgan fingerprint density at radius 3 is 2.58 bits per heavy atom. The van der Waals surface area contributed by atoms with E-state index < -0.39 is 0 Å². The second-order valence-electron chi connectivity index (χ2n) is 8.64. The summed E-state index contributed by atoms with van der Waals surface area (Å²) < 4.78 is 5.96. The van der Waals surface area contributed by atoms with Crippen LogP contribution in [0.4, 0.5) is 11.6 Å². The topological polar surface area (TPSA) is 87.7 Å². The van der Waals surface area contributed by atoms with Crippen LogP contribution in [0.2, 0.25) is 5.02 Å². The average Bonchev–Trinajstić information content (AvgIpc) is 2.70. The largest absolute Gasteiger partial charge is 0.496 e. The van der Waals surface area contributed by atoms with Gasteiger partial charge < -0.3 is 20.5 Å². The van der Waals surface area contributed by atoms with Gasteiger partial charge in [0.05, 0.1) is 19.8 Å². The number of hydrogen-bond acceptors (Lipinski definition) is 7. The van der Waals surface area contributed by atoms with Crippen LogP contribution in [0.25, 0.3) is 0 Å². The lowest BCUT2D eigenvalue weighted by Gasteiger charge is -2.41. The molecule has 1 aromatic heterocycles. The molecule has 0 spiro atoms. The van der Waals surface area contributed by atoms with Gasteiger partial charge in [-0.05, 0) is 31.4 Å². The second-order valence-corrected chi connectivity index (χ2v) is 9.04. The van der Waals surface area contributed by atoms with Crippen LogP contribution in [-0.4, -0.2) is 60.4 Å². The van der Waals surface area contributed by atoms with Crippen molar-refractivity contribution < 1.29 is 9.84 Å². The van der Waals surface area contributed by atoms with Crippen LogP contribution in [-0.2, 0) is 0 Å². The summed E-state index contributed by atoms with van der Waals surface area (Å²) in [5.41, 5.74) is 10.3. The predicted octanol–water partition coefficient (Wildman–Crippen LogP) is 3.74. The third kappa shape index (κ3) is 4.45. The van der Waals surface area contributed by atoms with E-state index in [1.807, 2.05) is 13.1 Å². The first-order chi connectivity index (χ1) is 14.7. The highest BCUT2D eigenvalue weighted by Gasteiger charge is 2.34. The second kappa shape index (κ2) is 9.59. The van der Waals surface area contributed by atoms with Crippen LogP contribution in [0.15, 0.2) is 12.4 Å². The van der Waals surface area contributed by atoms with Crippen molar-refractivity contribution in [1.29, 1.82) is 0 Å². The average molecular weight is 448 g/mol. The van der Waals surface area contributed by atoms with Gasteiger partial charge in [-0.1, -0.05) is 25.4 Å². The standard InChI is InChI=1S/C23H34ClN5O2/c1-13(2)19-22(25)26-12-27-23(19)28(5)15(4)17-9-18(24)14(3)20(21(17)31-6)16-10-29(11-16)7-8-30/h9,12-13,15-16,30H,7-8,10-11H2,1-6H3,(H2,25,26,27). The number of aliphatic hydroxyl groups is 1. The van der Waals surface area contributed by atoms with Gasteiger partial charge in [0.25, 0.3) is 0 Å². The number of ether oxygens (including phenoxy) is 1. The van der Waals surface area contributed by atoms with E-state index in [9.17, 15) is 5.11 Å². The Hall–Kier alpha value is -2.09. The number of methoxy groups -OCH3 is 1. The number of aliphatic hydroxyl groups excluding tert-OH is 1. The van der Waals surface area contributed by atoms with E-state index in [4.69, 9.17) is 22.1 Å². The normalized spacial score (nSPS) is 15.8. The molecule has 0 radical (unpaired) electrons. The fourth-order valence-corrected chi connectivity index (χ4v) is 4.72. The number of halogens is 1. The number of benzene rings is 1. The highest BCUT2D eigenvalue weighted by molar-refractivity contribution is 6.31. The number of nitrogens with two attached hydrogens (primary N) is 1. The molecule has 1 atom stereocenters. The van der Waals surface area contributed by atoms with Crippen LogP contribution < -0.4 is 15.4 Å².